The number of nitrogens with zero attached hydrogens (tertiary/aromatic N) is 5. The summed E-state index contributed by atoms with van der Waals surface area (Å²) in [5.74, 6) is 1.42. The van der Waals surface area contributed by atoms with E-state index in [0.717, 1.165) is 48.9 Å². The molecule has 0 aliphatic carbocycles. The van der Waals surface area contributed by atoms with E-state index < -0.39 is 0 Å². The van der Waals surface area contributed by atoms with Gasteiger partial charge in [-0.3, -0.25) is 4.99 Å². The molecule has 122 valence electrons. The number of piperazine rings is 1. The minimum Gasteiger partial charge on any atom is -0.370 e. The number of anilines is 1. The third-order valence-electron chi connectivity index (χ3n) is 3.70. The van der Waals surface area contributed by atoms with Gasteiger partial charge in [0.1, 0.15) is 0 Å². The van der Waals surface area contributed by atoms with Gasteiger partial charge in [0.15, 0.2) is 5.96 Å². The lowest BCUT2D eigenvalue weighted by molar-refractivity contribution is 0.378. The highest BCUT2D eigenvalue weighted by Crippen LogP contribution is 2.22. The Morgan fingerprint density at radius 1 is 1.22 bits per heavy atom. The maximum Gasteiger partial charge on any atom is 0.225 e. The van der Waals surface area contributed by atoms with Crippen LogP contribution in [0.25, 0.3) is 0 Å². The van der Waals surface area contributed by atoms with Gasteiger partial charge in [-0.1, -0.05) is 0 Å². The van der Waals surface area contributed by atoms with E-state index in [2.05, 4.69) is 52.8 Å². The van der Waals surface area contributed by atoms with E-state index >= 15 is 0 Å². The normalized spacial score (nSPS) is 16.0. The smallest absolute Gasteiger partial charge is 0.225 e. The van der Waals surface area contributed by atoms with Crippen molar-refractivity contribution in [1.82, 2.24) is 14.9 Å². The summed E-state index contributed by atoms with van der Waals surface area (Å²) in [5.41, 5.74) is 6.12. The number of halogens is 1. The van der Waals surface area contributed by atoms with Crippen molar-refractivity contribution in [2.75, 3.05) is 37.6 Å². The Bertz CT molecular complexity index is 651. The second kappa shape index (κ2) is 7.74. The molecule has 0 saturated carbocycles. The number of aliphatic imine (C=N–C) groups is 1. The fraction of sp³-hybridized carbons (Fsp3) is 0.400. The molecule has 0 radical (unpaired) electrons. The first-order valence-electron chi connectivity index (χ1n) is 7.53. The number of rotatable bonds is 4. The van der Waals surface area contributed by atoms with Crippen LogP contribution in [0.1, 0.15) is 4.88 Å². The van der Waals surface area contributed by atoms with Crippen LogP contribution in [0, 0.1) is 0 Å². The zero-order valence-corrected chi connectivity index (χ0v) is 15.1. The van der Waals surface area contributed by atoms with Crippen LogP contribution >= 0.6 is 27.3 Å². The molecule has 8 heteroatoms. The molecule has 0 bridgehead atoms. The van der Waals surface area contributed by atoms with Crippen molar-refractivity contribution in [2.24, 2.45) is 10.7 Å². The number of hydrogen-bond donors (Lipinski definition) is 1. The lowest BCUT2D eigenvalue weighted by Gasteiger charge is -2.35. The molecular weight excluding hydrogens is 376 g/mol. The highest BCUT2D eigenvalue weighted by molar-refractivity contribution is 9.11. The molecule has 6 nitrogen and oxygen atoms in total. The molecule has 0 amide bonds. The Balaban J connectivity index is 1.47. The summed E-state index contributed by atoms with van der Waals surface area (Å²) >= 11 is 5.22. The van der Waals surface area contributed by atoms with E-state index in [1.165, 1.54) is 4.88 Å². The monoisotopic (exact) mass is 394 g/mol. The third kappa shape index (κ3) is 4.42. The van der Waals surface area contributed by atoms with Crippen LogP contribution in [0.2, 0.25) is 0 Å². The molecule has 2 N–H and O–H groups in total. The number of guanidine groups is 1. The van der Waals surface area contributed by atoms with Gasteiger partial charge >= 0.3 is 0 Å². The topological polar surface area (TPSA) is 70.6 Å². The highest BCUT2D eigenvalue weighted by atomic mass is 79.9. The van der Waals surface area contributed by atoms with Crippen LogP contribution < -0.4 is 10.6 Å². The Labute approximate surface area is 148 Å². The molecule has 3 rings (SSSR count). The number of nitrogens with two attached hydrogens (primary N) is 1. The van der Waals surface area contributed by atoms with Crippen LogP contribution in [-0.4, -0.2) is 53.6 Å². The molecule has 1 fully saturated rings. The van der Waals surface area contributed by atoms with Crippen molar-refractivity contribution in [2.45, 2.75) is 6.42 Å². The predicted octanol–water partition coefficient (Wildman–Crippen LogP) is 1.98. The molecular formula is C15H19BrN6S. The summed E-state index contributed by atoms with van der Waals surface area (Å²) in [6.07, 6.45) is 4.47. The first-order chi connectivity index (χ1) is 11.2. The Kier molecular flexibility index (Phi) is 5.45. The summed E-state index contributed by atoms with van der Waals surface area (Å²) in [4.78, 5) is 18.7. The average Bonchev–Trinajstić information content (AvgIpc) is 3.01. The van der Waals surface area contributed by atoms with Gasteiger partial charge in [0.25, 0.3) is 0 Å². The molecule has 0 atom stereocenters. The van der Waals surface area contributed by atoms with Gasteiger partial charge < -0.3 is 15.5 Å². The molecule has 2 aromatic heterocycles. The Morgan fingerprint density at radius 3 is 2.61 bits per heavy atom. The largest absolute Gasteiger partial charge is 0.370 e. The zero-order chi connectivity index (χ0) is 16.1. The average molecular weight is 395 g/mol. The second-order valence-electron chi connectivity index (χ2n) is 5.22. The van der Waals surface area contributed by atoms with E-state index in [4.69, 9.17) is 5.73 Å². The molecule has 0 unspecified atom stereocenters. The molecule has 0 spiro atoms. The van der Waals surface area contributed by atoms with E-state index in [1.54, 1.807) is 23.7 Å². The van der Waals surface area contributed by atoms with Crippen molar-refractivity contribution < 1.29 is 0 Å². The summed E-state index contributed by atoms with van der Waals surface area (Å²) < 4.78 is 1.16. The molecule has 1 aliphatic rings. The SMILES string of the molecule is NC(=NCCc1ccc(Br)s1)N1CCN(c2ncccn2)CC1. The van der Waals surface area contributed by atoms with Crippen LogP contribution in [0.5, 0.6) is 0 Å². The predicted molar refractivity (Wildman–Crippen MR) is 98.0 cm³/mol. The summed E-state index contributed by atoms with van der Waals surface area (Å²) in [5, 5.41) is 0. The van der Waals surface area contributed by atoms with Crippen molar-refractivity contribution in [3.8, 4) is 0 Å². The standard InChI is InChI=1S/C15H19BrN6S/c16-13-3-2-12(23-13)4-7-18-14(17)21-8-10-22(11-9-21)15-19-5-1-6-20-15/h1-3,5-6H,4,7-11H2,(H2,17,18). The van der Waals surface area contributed by atoms with Crippen molar-refractivity contribution in [3.63, 3.8) is 0 Å². The first-order valence-corrected chi connectivity index (χ1v) is 9.14. The molecule has 1 aliphatic heterocycles. The fourth-order valence-electron chi connectivity index (χ4n) is 2.46. The maximum absolute atomic E-state index is 6.12. The summed E-state index contributed by atoms with van der Waals surface area (Å²) in [7, 11) is 0. The maximum atomic E-state index is 6.12. The van der Waals surface area contributed by atoms with Gasteiger partial charge in [0.05, 0.1) is 3.79 Å². The van der Waals surface area contributed by atoms with Gasteiger partial charge in [0, 0.05) is 56.4 Å². The first kappa shape index (κ1) is 16.2. The fourth-order valence-corrected chi connectivity index (χ4v) is 3.93. The highest BCUT2D eigenvalue weighted by Gasteiger charge is 2.19. The molecule has 0 aromatic carbocycles. The Morgan fingerprint density at radius 2 is 1.96 bits per heavy atom. The molecule has 3 heterocycles. The van der Waals surface area contributed by atoms with E-state index in [0.29, 0.717) is 5.96 Å². The third-order valence-corrected chi connectivity index (χ3v) is 5.38. The van der Waals surface area contributed by atoms with Gasteiger partial charge in [-0.2, -0.15) is 0 Å². The quantitative estimate of drug-likeness (QED) is 0.633. The zero-order valence-electron chi connectivity index (χ0n) is 12.7. The second-order valence-corrected chi connectivity index (χ2v) is 7.77. The van der Waals surface area contributed by atoms with E-state index in [-0.39, 0.29) is 0 Å². The van der Waals surface area contributed by atoms with Gasteiger partial charge in [-0.05, 0) is 34.1 Å². The summed E-state index contributed by atoms with van der Waals surface area (Å²) in [6, 6.07) is 6.02. The Hall–Kier alpha value is -1.67. The number of hydrogen-bond acceptors (Lipinski definition) is 5. The lowest BCUT2D eigenvalue weighted by Crippen LogP contribution is -2.51. The minimum absolute atomic E-state index is 0.634. The van der Waals surface area contributed by atoms with Crippen LogP contribution in [0.15, 0.2) is 39.4 Å². The minimum atomic E-state index is 0.634. The van der Waals surface area contributed by atoms with Crippen LogP contribution in [0.4, 0.5) is 5.95 Å². The van der Waals surface area contributed by atoms with Crippen molar-refractivity contribution in [1.29, 1.82) is 0 Å². The molecule has 23 heavy (non-hydrogen) atoms. The van der Waals surface area contributed by atoms with E-state index in [1.807, 2.05) is 6.07 Å². The van der Waals surface area contributed by atoms with Crippen molar-refractivity contribution in [3.05, 3.63) is 39.3 Å². The van der Waals surface area contributed by atoms with E-state index in [9.17, 15) is 0 Å². The van der Waals surface area contributed by atoms with Gasteiger partial charge in [0.2, 0.25) is 5.95 Å². The lowest BCUT2D eigenvalue weighted by atomic mass is 10.3. The number of thiophene rings is 1. The van der Waals surface area contributed by atoms with Crippen molar-refractivity contribution >= 4 is 39.2 Å². The van der Waals surface area contributed by atoms with Gasteiger partial charge in [-0.15, -0.1) is 11.3 Å². The van der Waals surface area contributed by atoms with Crippen LogP contribution in [-0.2, 0) is 6.42 Å². The number of aromatic nitrogens is 2. The molecule has 1 saturated heterocycles. The van der Waals surface area contributed by atoms with Crippen LogP contribution in [0.3, 0.4) is 0 Å². The molecule has 2 aromatic rings. The summed E-state index contributed by atoms with van der Waals surface area (Å²) in [6.45, 7) is 4.13. The van der Waals surface area contributed by atoms with Gasteiger partial charge in [-0.25, -0.2) is 9.97 Å².